The van der Waals surface area contributed by atoms with Crippen molar-refractivity contribution in [3.05, 3.63) is 36.0 Å². The van der Waals surface area contributed by atoms with Crippen molar-refractivity contribution in [3.63, 3.8) is 0 Å². The number of carboxylic acids is 1. The normalized spacial score (nSPS) is 15.1. The van der Waals surface area contributed by atoms with Crippen LogP contribution in [0.3, 0.4) is 0 Å². The summed E-state index contributed by atoms with van der Waals surface area (Å²) in [5, 5.41) is 26.8. The molecule has 0 aliphatic rings. The molecule has 1 aromatic carbocycles. The number of fused-ring (bicyclic) bond motifs is 1. The Labute approximate surface area is 213 Å². The third-order valence-corrected chi connectivity index (χ3v) is 6.13. The van der Waals surface area contributed by atoms with Gasteiger partial charge in [0.1, 0.15) is 18.1 Å². The van der Waals surface area contributed by atoms with E-state index in [9.17, 15) is 34.2 Å². The van der Waals surface area contributed by atoms with Gasteiger partial charge in [-0.1, -0.05) is 38.5 Å². The number of carboxylic acid groups (broad SMARTS) is 1. The first kappa shape index (κ1) is 29.3. The number of para-hydroxylation sites is 1. The Morgan fingerprint density at radius 2 is 1.57 bits per heavy atom. The number of primary amides is 1. The van der Waals surface area contributed by atoms with Crippen molar-refractivity contribution in [3.8, 4) is 0 Å². The second-order valence-electron chi connectivity index (χ2n) is 8.85. The van der Waals surface area contributed by atoms with Crippen LogP contribution in [-0.4, -0.2) is 75.6 Å². The quantitative estimate of drug-likeness (QED) is 0.146. The molecule has 1 aromatic heterocycles. The van der Waals surface area contributed by atoms with Gasteiger partial charge < -0.3 is 42.6 Å². The molecule has 5 unspecified atom stereocenters. The third-order valence-electron chi connectivity index (χ3n) is 6.13. The zero-order valence-corrected chi connectivity index (χ0v) is 20.7. The average molecular weight is 519 g/mol. The second kappa shape index (κ2) is 13.4. The van der Waals surface area contributed by atoms with Crippen LogP contribution in [0.5, 0.6) is 0 Å². The van der Waals surface area contributed by atoms with Crippen LogP contribution >= 0.6 is 0 Å². The van der Waals surface area contributed by atoms with E-state index in [2.05, 4.69) is 20.9 Å². The summed E-state index contributed by atoms with van der Waals surface area (Å²) < 4.78 is 0. The summed E-state index contributed by atoms with van der Waals surface area (Å²) in [6.07, 6.45) is 1.69. The number of H-pyrrole nitrogens is 1. The fraction of sp³-hybridized carbons (Fsp3) is 0.458. The maximum absolute atomic E-state index is 13.2. The first-order valence-electron chi connectivity index (χ1n) is 11.8. The molecule has 0 saturated heterocycles. The molecule has 13 nitrogen and oxygen atoms in total. The van der Waals surface area contributed by atoms with Crippen molar-refractivity contribution in [2.45, 2.75) is 57.3 Å². The molecule has 10 N–H and O–H groups in total. The lowest BCUT2D eigenvalue weighted by Gasteiger charge is -2.25. The smallest absolute Gasteiger partial charge is 0.326 e. The lowest BCUT2D eigenvalue weighted by atomic mass is 9.98. The van der Waals surface area contributed by atoms with E-state index < -0.39 is 66.8 Å². The van der Waals surface area contributed by atoms with Crippen LogP contribution in [0.1, 0.15) is 32.3 Å². The predicted octanol–water partition coefficient (Wildman–Crippen LogP) is -1.51. The minimum Gasteiger partial charge on any atom is -0.480 e. The number of nitrogens with one attached hydrogen (secondary N) is 4. The SMILES string of the molecule is CCC(C)C(N)C(=O)NC(Cc1c[nH]c2ccccc12)C(=O)NC(CO)C(=O)NC(CC(N)=O)C(=O)O. The van der Waals surface area contributed by atoms with Crippen molar-refractivity contribution < 1.29 is 34.2 Å². The molecule has 2 rings (SSSR count). The van der Waals surface area contributed by atoms with E-state index in [1.54, 1.807) is 13.1 Å². The van der Waals surface area contributed by atoms with Gasteiger partial charge in [-0.05, 0) is 17.5 Å². The first-order valence-corrected chi connectivity index (χ1v) is 11.8. The van der Waals surface area contributed by atoms with E-state index in [4.69, 9.17) is 11.5 Å². The average Bonchev–Trinajstić information content (AvgIpc) is 3.27. The Morgan fingerprint density at radius 1 is 0.973 bits per heavy atom. The zero-order valence-electron chi connectivity index (χ0n) is 20.7. The van der Waals surface area contributed by atoms with Crippen LogP contribution in [0.25, 0.3) is 10.9 Å². The van der Waals surface area contributed by atoms with Gasteiger partial charge in [-0.25, -0.2) is 4.79 Å². The van der Waals surface area contributed by atoms with Crippen LogP contribution < -0.4 is 27.4 Å². The van der Waals surface area contributed by atoms with Crippen LogP contribution in [0.4, 0.5) is 0 Å². The molecule has 0 fully saturated rings. The number of aromatic amines is 1. The molecule has 0 aliphatic heterocycles. The summed E-state index contributed by atoms with van der Waals surface area (Å²) in [5.41, 5.74) is 12.6. The Kier molecular flexibility index (Phi) is 10.6. The minimum absolute atomic E-state index is 0.0357. The van der Waals surface area contributed by atoms with Crippen LogP contribution in [-0.2, 0) is 30.4 Å². The second-order valence-corrected chi connectivity index (χ2v) is 8.85. The summed E-state index contributed by atoms with van der Waals surface area (Å²) in [5.74, 6) is -5.04. The number of carbonyl (C=O) groups is 5. The fourth-order valence-electron chi connectivity index (χ4n) is 3.65. The molecule has 13 heteroatoms. The van der Waals surface area contributed by atoms with Gasteiger partial charge >= 0.3 is 5.97 Å². The highest BCUT2D eigenvalue weighted by Crippen LogP contribution is 2.19. The van der Waals surface area contributed by atoms with Crippen LogP contribution in [0.2, 0.25) is 0 Å². The standard InChI is InChI=1S/C24H34N6O7/c1-3-12(2)20(26)23(35)28-16(8-13-10-27-15-7-5-4-6-14(13)15)21(33)30-18(11-31)22(34)29-17(24(36)37)9-19(25)32/h4-7,10,12,16-18,20,27,31H,3,8-9,11,26H2,1-2H3,(H2,25,32)(H,28,35)(H,29,34)(H,30,33)(H,36,37). The molecule has 5 atom stereocenters. The van der Waals surface area contributed by atoms with Gasteiger partial charge in [0, 0.05) is 23.5 Å². The maximum atomic E-state index is 13.2. The summed E-state index contributed by atoms with van der Waals surface area (Å²) in [7, 11) is 0. The Balaban J connectivity index is 2.25. The number of rotatable bonds is 14. The van der Waals surface area contributed by atoms with E-state index in [1.165, 1.54) is 0 Å². The lowest BCUT2D eigenvalue weighted by Crippen LogP contribution is -2.59. The van der Waals surface area contributed by atoms with Gasteiger partial charge in [0.05, 0.1) is 19.1 Å². The number of benzene rings is 1. The van der Waals surface area contributed by atoms with Gasteiger partial charge in [0.25, 0.3) is 0 Å². The topological polar surface area (TPSA) is 230 Å². The summed E-state index contributed by atoms with van der Waals surface area (Å²) in [6, 6.07) is 2.09. The molecule has 37 heavy (non-hydrogen) atoms. The van der Waals surface area contributed by atoms with Crippen molar-refractivity contribution in [1.82, 2.24) is 20.9 Å². The van der Waals surface area contributed by atoms with Crippen molar-refractivity contribution in [2.75, 3.05) is 6.61 Å². The Morgan fingerprint density at radius 3 is 2.16 bits per heavy atom. The van der Waals surface area contributed by atoms with E-state index in [0.717, 1.165) is 10.9 Å². The zero-order chi connectivity index (χ0) is 27.7. The number of amides is 4. The fourth-order valence-corrected chi connectivity index (χ4v) is 3.65. The molecule has 202 valence electrons. The monoisotopic (exact) mass is 518 g/mol. The van der Waals surface area contributed by atoms with E-state index in [-0.39, 0.29) is 12.3 Å². The molecule has 1 heterocycles. The number of hydrogen-bond acceptors (Lipinski definition) is 7. The lowest BCUT2D eigenvalue weighted by molar-refractivity contribution is -0.144. The van der Waals surface area contributed by atoms with Crippen LogP contribution in [0, 0.1) is 5.92 Å². The number of aromatic nitrogens is 1. The molecule has 0 aliphatic carbocycles. The van der Waals surface area contributed by atoms with Gasteiger partial charge in [0.15, 0.2) is 0 Å². The highest BCUT2D eigenvalue weighted by molar-refractivity contribution is 5.95. The van der Waals surface area contributed by atoms with Crippen molar-refractivity contribution in [1.29, 1.82) is 0 Å². The predicted molar refractivity (Wildman–Crippen MR) is 134 cm³/mol. The van der Waals surface area contributed by atoms with Crippen LogP contribution in [0.15, 0.2) is 30.5 Å². The number of carbonyl (C=O) groups excluding carboxylic acids is 4. The molecule has 4 amide bonds. The molecule has 0 radical (unpaired) electrons. The molecule has 2 aromatic rings. The van der Waals surface area contributed by atoms with Gasteiger partial charge in [-0.15, -0.1) is 0 Å². The van der Waals surface area contributed by atoms with Crippen molar-refractivity contribution >= 4 is 40.5 Å². The van der Waals surface area contributed by atoms with E-state index >= 15 is 0 Å². The Hall–Kier alpha value is -3.97. The van der Waals surface area contributed by atoms with Gasteiger partial charge in [-0.3, -0.25) is 19.2 Å². The molecular weight excluding hydrogens is 484 g/mol. The molecule has 0 spiro atoms. The number of nitrogens with two attached hydrogens (primary N) is 2. The van der Waals surface area contributed by atoms with E-state index in [1.807, 2.05) is 31.2 Å². The maximum Gasteiger partial charge on any atom is 0.326 e. The summed E-state index contributed by atoms with van der Waals surface area (Å²) >= 11 is 0. The largest absolute Gasteiger partial charge is 0.480 e. The number of hydrogen-bond donors (Lipinski definition) is 8. The van der Waals surface area contributed by atoms with Crippen molar-refractivity contribution in [2.24, 2.45) is 17.4 Å². The van der Waals surface area contributed by atoms with Gasteiger partial charge in [0.2, 0.25) is 23.6 Å². The number of aliphatic hydroxyl groups excluding tert-OH is 1. The third kappa shape index (κ3) is 8.02. The number of aliphatic hydroxyl groups is 1. The number of aliphatic carboxylic acids is 1. The Bertz CT molecular complexity index is 1130. The summed E-state index contributed by atoms with van der Waals surface area (Å²) in [4.78, 5) is 64.1. The van der Waals surface area contributed by atoms with E-state index in [0.29, 0.717) is 12.0 Å². The molecule has 0 bridgehead atoms. The highest BCUT2D eigenvalue weighted by atomic mass is 16.4. The molecule has 0 saturated carbocycles. The van der Waals surface area contributed by atoms with Gasteiger partial charge in [-0.2, -0.15) is 0 Å². The molecular formula is C24H34N6O7. The highest BCUT2D eigenvalue weighted by Gasteiger charge is 2.31. The summed E-state index contributed by atoms with van der Waals surface area (Å²) in [6.45, 7) is 2.80. The first-order chi connectivity index (χ1) is 17.5. The minimum atomic E-state index is -1.65.